The molecule has 0 aliphatic rings. The Hall–Kier alpha value is -0.253. The Labute approximate surface area is 78.7 Å². The molecule has 0 amide bonds. The van der Waals surface area contributed by atoms with Gasteiger partial charge in [-0.25, -0.2) is 0 Å². The molecule has 0 unspecified atom stereocenters. The van der Waals surface area contributed by atoms with Gasteiger partial charge in [0.2, 0.25) is 0 Å². The van der Waals surface area contributed by atoms with Crippen LogP contribution in [-0.2, 0) is 0 Å². The lowest BCUT2D eigenvalue weighted by molar-refractivity contribution is -0.284. The highest BCUT2D eigenvalue weighted by molar-refractivity contribution is 6.70. The highest BCUT2D eigenvalue weighted by atomic mass is 28.4. The van der Waals surface area contributed by atoms with Crippen LogP contribution >= 0.6 is 0 Å². The van der Waals surface area contributed by atoms with Crippen LogP contribution in [0.1, 0.15) is 12.8 Å². The first-order valence-corrected chi connectivity index (χ1v) is 6.21. The summed E-state index contributed by atoms with van der Waals surface area (Å²) in [6.45, 7) is 0. The Morgan fingerprint density at radius 3 is 1.64 bits per heavy atom. The quantitative estimate of drug-likeness (QED) is 0.499. The average Bonchev–Trinajstić information content (AvgIpc) is 1.80. The van der Waals surface area contributed by atoms with Crippen LogP contribution in [0.5, 0.6) is 0 Å². The number of halogens is 5. The Kier molecular flexibility index (Phi) is 4.01. The van der Waals surface area contributed by atoms with Gasteiger partial charge in [-0.3, -0.25) is 0 Å². The summed E-state index contributed by atoms with van der Waals surface area (Å²) >= 11 is 0. The molecule has 6 N–H and O–H groups in total. The predicted octanol–water partition coefficient (Wildman–Crippen LogP) is 0.779. The van der Waals surface area contributed by atoms with Crippen LogP contribution in [0, 0.1) is 0 Å². The van der Waals surface area contributed by atoms with Gasteiger partial charge in [0.1, 0.15) is 0 Å². The first kappa shape index (κ1) is 13.7. The predicted molar refractivity (Wildman–Crippen MR) is 43.4 cm³/mol. The summed E-state index contributed by atoms with van der Waals surface area (Å²) in [5, 5.41) is 15.4. The van der Waals surface area contributed by atoms with Crippen molar-refractivity contribution in [2.75, 3.05) is 0 Å². The molecule has 0 bridgehead atoms. The second-order valence-electron chi connectivity index (χ2n) is 3.17. The third kappa shape index (κ3) is 4.84. The van der Waals surface area contributed by atoms with E-state index in [-0.39, 0.29) is 6.04 Å². The van der Waals surface area contributed by atoms with E-state index in [2.05, 4.69) is 0 Å². The van der Waals surface area contributed by atoms with Gasteiger partial charge in [-0.2, -0.15) is 22.0 Å². The fourth-order valence-corrected chi connectivity index (χ4v) is 1.55. The molecule has 0 heterocycles. The second kappa shape index (κ2) is 4.09. The first-order valence-electron chi connectivity index (χ1n) is 3.77. The van der Waals surface area contributed by atoms with Gasteiger partial charge in [0, 0.05) is 6.42 Å². The van der Waals surface area contributed by atoms with Gasteiger partial charge in [-0.15, -0.1) is 0 Å². The zero-order valence-corrected chi connectivity index (χ0v) is 8.24. The third-order valence-corrected chi connectivity index (χ3v) is 2.73. The van der Waals surface area contributed by atoms with Crippen LogP contribution in [0.3, 0.4) is 0 Å². The van der Waals surface area contributed by atoms with Gasteiger partial charge in [0.05, 0.1) is 0 Å². The summed E-state index contributed by atoms with van der Waals surface area (Å²) in [7, 11) is -3.02. The summed E-state index contributed by atoms with van der Waals surface area (Å²) in [4.78, 5) is 0. The lowest BCUT2D eigenvalue weighted by atomic mass is 10.2. The molecule has 3 nitrogen and oxygen atoms in total. The van der Waals surface area contributed by atoms with Crippen molar-refractivity contribution in [1.82, 2.24) is 0 Å². The number of hydrogen-bond donors (Lipinski definition) is 3. The summed E-state index contributed by atoms with van der Waals surface area (Å²) < 4.78 is 59.4. The maximum Gasteiger partial charge on any atom is 0.453 e. The Morgan fingerprint density at radius 1 is 0.929 bits per heavy atom. The number of hydrogen-bond acceptors (Lipinski definition) is 3. The Bertz CT molecular complexity index is 187. The average molecular weight is 237 g/mol. The first-order chi connectivity index (χ1) is 5.96. The molecule has 0 saturated heterocycles. The van der Waals surface area contributed by atoms with Crippen LogP contribution in [0.4, 0.5) is 22.0 Å². The van der Waals surface area contributed by atoms with E-state index >= 15 is 0 Å². The van der Waals surface area contributed by atoms with Crippen molar-refractivity contribution in [3.05, 3.63) is 0 Å². The van der Waals surface area contributed by atoms with Crippen LogP contribution in [-0.4, -0.2) is 20.7 Å². The summed E-state index contributed by atoms with van der Waals surface area (Å²) in [5.74, 6) is -4.69. The van der Waals surface area contributed by atoms with E-state index in [1.54, 1.807) is 0 Å². The lowest BCUT2D eigenvalue weighted by Gasteiger charge is -2.21. The van der Waals surface area contributed by atoms with Gasteiger partial charge >= 0.3 is 12.1 Å². The molecule has 0 aliphatic carbocycles. The SMILES string of the molecule is N[Si](N)(N)CCCC(F)(F)C(F)(F)F. The normalized spacial score (nSPS) is 14.6. The van der Waals surface area contributed by atoms with E-state index < -0.39 is 33.5 Å². The number of alkyl halides is 5. The highest BCUT2D eigenvalue weighted by Crippen LogP contribution is 2.39. The Morgan fingerprint density at radius 2 is 1.36 bits per heavy atom. The molecule has 0 saturated carbocycles. The van der Waals surface area contributed by atoms with Gasteiger partial charge in [-0.1, -0.05) is 0 Å². The smallest absolute Gasteiger partial charge is 0.327 e. The van der Waals surface area contributed by atoms with E-state index in [4.69, 9.17) is 16.2 Å². The fraction of sp³-hybridized carbons (Fsp3) is 1.00. The zero-order chi connectivity index (χ0) is 11.6. The summed E-state index contributed by atoms with van der Waals surface area (Å²) in [6, 6.07) is -0.168. The topological polar surface area (TPSA) is 78.1 Å². The van der Waals surface area contributed by atoms with E-state index in [1.807, 2.05) is 0 Å². The molecule has 0 aromatic rings. The summed E-state index contributed by atoms with van der Waals surface area (Å²) in [5.41, 5.74) is 0. The number of rotatable bonds is 4. The van der Waals surface area contributed by atoms with E-state index in [0.29, 0.717) is 0 Å². The fourth-order valence-electron chi connectivity index (χ4n) is 0.758. The monoisotopic (exact) mass is 237 g/mol. The molecule has 86 valence electrons. The highest BCUT2D eigenvalue weighted by Gasteiger charge is 2.56. The second-order valence-corrected chi connectivity index (χ2v) is 5.89. The van der Waals surface area contributed by atoms with Crippen molar-refractivity contribution in [1.29, 1.82) is 0 Å². The molecule has 9 heteroatoms. The molecule has 0 atom stereocenters. The molecular weight excluding hydrogens is 225 g/mol. The minimum Gasteiger partial charge on any atom is -0.327 e. The third-order valence-electron chi connectivity index (χ3n) is 1.52. The van der Waals surface area contributed by atoms with Crippen molar-refractivity contribution < 1.29 is 22.0 Å². The zero-order valence-electron chi connectivity index (χ0n) is 7.24. The largest absolute Gasteiger partial charge is 0.453 e. The minimum atomic E-state index is -5.52. The van der Waals surface area contributed by atoms with Crippen molar-refractivity contribution in [2.24, 2.45) is 16.2 Å². The van der Waals surface area contributed by atoms with Gasteiger partial charge < -0.3 is 16.2 Å². The molecule has 0 aliphatic heterocycles. The lowest BCUT2D eigenvalue weighted by Crippen LogP contribution is -2.64. The van der Waals surface area contributed by atoms with Crippen molar-refractivity contribution >= 4 is 8.56 Å². The summed E-state index contributed by atoms with van der Waals surface area (Å²) in [6.07, 6.45) is -7.27. The minimum absolute atomic E-state index is 0.168. The Balaban J connectivity index is 4.02. The molecule has 0 radical (unpaired) electrons. The van der Waals surface area contributed by atoms with Gasteiger partial charge in [0.15, 0.2) is 0 Å². The van der Waals surface area contributed by atoms with Crippen LogP contribution in [0.2, 0.25) is 6.04 Å². The maximum atomic E-state index is 12.3. The van der Waals surface area contributed by atoms with E-state index in [1.165, 1.54) is 0 Å². The van der Waals surface area contributed by atoms with Gasteiger partial charge in [0.25, 0.3) is 8.56 Å². The molecule has 0 aromatic carbocycles. The molecule has 0 spiro atoms. The van der Waals surface area contributed by atoms with Crippen molar-refractivity contribution in [3.8, 4) is 0 Å². The van der Waals surface area contributed by atoms with E-state index in [0.717, 1.165) is 0 Å². The standard InChI is InChI=1S/C5H12F5N3Si/c6-4(7,5(8,9)10)2-1-3-14(11,12)13/h1-3,11-13H2. The van der Waals surface area contributed by atoms with Crippen LogP contribution in [0.25, 0.3) is 0 Å². The molecule has 0 rings (SSSR count). The molecule has 0 fully saturated rings. The molecule has 14 heavy (non-hydrogen) atoms. The van der Waals surface area contributed by atoms with E-state index in [9.17, 15) is 22.0 Å². The van der Waals surface area contributed by atoms with Crippen molar-refractivity contribution in [2.45, 2.75) is 31.0 Å². The van der Waals surface area contributed by atoms with Crippen LogP contribution < -0.4 is 16.2 Å². The molecular formula is C5H12F5N3Si. The molecule has 0 aromatic heterocycles. The number of nitrogens with two attached hydrogens (primary N) is 3. The maximum absolute atomic E-state index is 12.3. The van der Waals surface area contributed by atoms with Gasteiger partial charge in [-0.05, 0) is 12.5 Å². The van der Waals surface area contributed by atoms with Crippen molar-refractivity contribution in [3.63, 3.8) is 0 Å². The van der Waals surface area contributed by atoms with Crippen LogP contribution in [0.15, 0.2) is 0 Å².